The molecule has 0 radical (unpaired) electrons. The molecule has 1 saturated carbocycles. The molecule has 1 aliphatic carbocycles. The molecule has 3 aromatic rings. The zero-order chi connectivity index (χ0) is 32.8. The van der Waals surface area contributed by atoms with Crippen molar-refractivity contribution in [2.24, 2.45) is 11.8 Å². The number of nitrogens with zero attached hydrogens (tertiary/aromatic N) is 3. The van der Waals surface area contributed by atoms with Crippen LogP contribution in [0.5, 0.6) is 0 Å². The van der Waals surface area contributed by atoms with E-state index in [9.17, 15) is 14.4 Å². The first-order chi connectivity index (χ1) is 21.7. The van der Waals surface area contributed by atoms with Crippen molar-refractivity contribution in [2.45, 2.75) is 91.0 Å². The third-order valence-corrected chi connectivity index (χ3v) is 10.8. The van der Waals surface area contributed by atoms with Gasteiger partial charge in [0.15, 0.2) is 0 Å². The third-order valence-electron chi connectivity index (χ3n) is 8.66. The standard InChI is InChI=1S/C34H45N5O5S2/c1-33(2,3)43-31(41)38-14-12-23-26(19-38)46-30(28(23)29-36-24-9-7-8-10-25(24)45-29)37-27(40)11-13-35-22-15-20-17-39(18-21(20)16-22)32(42)44-34(4,5)6/h7-10,20-22,35H,11-19H2,1-6H3,(H,37,40)/t20-,21+,22+. The van der Waals surface area contributed by atoms with Gasteiger partial charge >= 0.3 is 12.2 Å². The molecule has 10 nitrogen and oxygen atoms in total. The van der Waals surface area contributed by atoms with Crippen molar-refractivity contribution in [3.8, 4) is 10.6 Å². The van der Waals surface area contributed by atoms with Crippen molar-refractivity contribution in [2.75, 3.05) is 31.5 Å². The van der Waals surface area contributed by atoms with E-state index in [0.29, 0.717) is 50.4 Å². The van der Waals surface area contributed by atoms with Crippen molar-refractivity contribution in [1.82, 2.24) is 20.1 Å². The molecule has 3 amide bonds. The summed E-state index contributed by atoms with van der Waals surface area (Å²) in [4.78, 5) is 48.3. The van der Waals surface area contributed by atoms with Crippen LogP contribution in [-0.2, 0) is 27.2 Å². The SMILES string of the molecule is CC(C)(C)OC(=O)N1CCc2c(sc(NC(=O)CCN[C@H]3C[C@@H]4CN(C(=O)OC(C)(C)C)C[C@@H]4C3)c2-c2nc3ccccc3s2)C1. The molecule has 12 heteroatoms. The van der Waals surface area contributed by atoms with Gasteiger partial charge in [-0.2, -0.15) is 0 Å². The van der Waals surface area contributed by atoms with Crippen LogP contribution in [0, 0.1) is 11.8 Å². The van der Waals surface area contributed by atoms with E-state index in [1.165, 1.54) is 11.3 Å². The highest BCUT2D eigenvalue weighted by Crippen LogP contribution is 2.46. The van der Waals surface area contributed by atoms with E-state index in [-0.39, 0.29) is 18.1 Å². The number of hydrogen-bond acceptors (Lipinski definition) is 9. The molecule has 0 bridgehead atoms. The van der Waals surface area contributed by atoms with Gasteiger partial charge < -0.3 is 29.9 Å². The molecule has 2 aromatic heterocycles. The highest BCUT2D eigenvalue weighted by Gasteiger charge is 2.43. The fourth-order valence-corrected chi connectivity index (χ4v) is 9.09. The Kier molecular flexibility index (Phi) is 9.08. The number of likely N-dealkylation sites (tertiary alicyclic amines) is 1. The lowest BCUT2D eigenvalue weighted by Gasteiger charge is -2.30. The number of thiophene rings is 1. The van der Waals surface area contributed by atoms with Crippen molar-refractivity contribution < 1.29 is 23.9 Å². The number of ether oxygens (including phenoxy) is 2. The minimum absolute atomic E-state index is 0.0493. The number of carbonyl (C=O) groups excluding carboxylic acids is 3. The number of para-hydroxylation sites is 1. The second kappa shape index (κ2) is 12.8. The summed E-state index contributed by atoms with van der Waals surface area (Å²) >= 11 is 3.16. The highest BCUT2D eigenvalue weighted by atomic mass is 32.1. The van der Waals surface area contributed by atoms with Crippen LogP contribution >= 0.6 is 22.7 Å². The number of anilines is 1. The molecule has 46 heavy (non-hydrogen) atoms. The maximum atomic E-state index is 13.3. The van der Waals surface area contributed by atoms with Crippen LogP contribution in [0.25, 0.3) is 20.8 Å². The van der Waals surface area contributed by atoms with E-state index in [1.807, 2.05) is 64.6 Å². The van der Waals surface area contributed by atoms with Crippen LogP contribution in [-0.4, -0.2) is 76.3 Å². The molecule has 0 unspecified atom stereocenters. The molecular formula is C34H45N5O5S2. The fraction of sp³-hybridized carbons (Fsp3) is 0.588. The Labute approximate surface area is 278 Å². The van der Waals surface area contributed by atoms with Gasteiger partial charge in [-0.1, -0.05) is 12.1 Å². The summed E-state index contributed by atoms with van der Waals surface area (Å²) in [6.07, 6.45) is 2.47. The Morgan fingerprint density at radius 1 is 0.935 bits per heavy atom. The van der Waals surface area contributed by atoms with Crippen LogP contribution in [0.2, 0.25) is 0 Å². The molecule has 1 aromatic carbocycles. The fourth-order valence-electron chi connectivity index (χ4n) is 6.70. The number of rotatable bonds is 6. The van der Waals surface area contributed by atoms with Crippen LogP contribution in [0.4, 0.5) is 14.6 Å². The van der Waals surface area contributed by atoms with Crippen molar-refractivity contribution >= 4 is 56.0 Å². The van der Waals surface area contributed by atoms with Gasteiger partial charge in [0.1, 0.15) is 21.2 Å². The number of hydrogen-bond donors (Lipinski definition) is 2. The minimum atomic E-state index is -0.566. The topological polar surface area (TPSA) is 113 Å². The molecule has 3 aliphatic rings. The molecule has 1 saturated heterocycles. The monoisotopic (exact) mass is 667 g/mol. The lowest BCUT2D eigenvalue weighted by molar-refractivity contribution is -0.116. The van der Waals surface area contributed by atoms with E-state index >= 15 is 0 Å². The third kappa shape index (κ3) is 7.50. The molecule has 2 N–H and O–H groups in total. The Bertz CT molecular complexity index is 1570. The van der Waals surface area contributed by atoms with Gasteiger partial charge in [-0.3, -0.25) is 4.79 Å². The number of fused-ring (bicyclic) bond motifs is 3. The maximum absolute atomic E-state index is 13.3. The van der Waals surface area contributed by atoms with E-state index in [0.717, 1.165) is 62.2 Å². The van der Waals surface area contributed by atoms with E-state index in [4.69, 9.17) is 14.5 Å². The maximum Gasteiger partial charge on any atom is 0.410 e. The molecule has 3 atom stereocenters. The summed E-state index contributed by atoms with van der Waals surface area (Å²) < 4.78 is 12.3. The number of benzene rings is 1. The highest BCUT2D eigenvalue weighted by molar-refractivity contribution is 7.23. The number of carbonyl (C=O) groups is 3. The summed E-state index contributed by atoms with van der Waals surface area (Å²) in [6.45, 7) is 14.4. The van der Waals surface area contributed by atoms with Crippen molar-refractivity contribution in [1.29, 1.82) is 0 Å². The molecule has 6 rings (SSSR count). The number of nitrogens with one attached hydrogen (secondary N) is 2. The second-order valence-corrected chi connectivity index (χ2v) is 16.8. The van der Waals surface area contributed by atoms with Crippen LogP contribution in [0.15, 0.2) is 24.3 Å². The average molecular weight is 668 g/mol. The van der Waals surface area contributed by atoms with Gasteiger partial charge in [-0.15, -0.1) is 22.7 Å². The number of thiazole rings is 1. The average Bonchev–Trinajstić information content (AvgIpc) is 3.71. The zero-order valence-electron chi connectivity index (χ0n) is 27.6. The van der Waals surface area contributed by atoms with Crippen molar-refractivity contribution in [3.05, 3.63) is 34.7 Å². The van der Waals surface area contributed by atoms with Crippen LogP contribution in [0.3, 0.4) is 0 Å². The van der Waals surface area contributed by atoms with Gasteiger partial charge in [-0.05, 0) is 90.3 Å². The molecule has 0 spiro atoms. The molecule has 2 fully saturated rings. The lowest BCUT2D eigenvalue weighted by Crippen LogP contribution is -2.39. The molecule has 4 heterocycles. The van der Waals surface area contributed by atoms with E-state index in [2.05, 4.69) is 16.7 Å². The van der Waals surface area contributed by atoms with E-state index in [1.54, 1.807) is 16.2 Å². The minimum Gasteiger partial charge on any atom is -0.444 e. The zero-order valence-corrected chi connectivity index (χ0v) is 29.2. The molecule has 248 valence electrons. The smallest absolute Gasteiger partial charge is 0.410 e. The van der Waals surface area contributed by atoms with E-state index < -0.39 is 11.2 Å². The Morgan fingerprint density at radius 3 is 2.24 bits per heavy atom. The van der Waals surface area contributed by atoms with Gasteiger partial charge in [0.2, 0.25) is 5.91 Å². The second-order valence-electron chi connectivity index (χ2n) is 14.7. The largest absolute Gasteiger partial charge is 0.444 e. The lowest BCUT2D eigenvalue weighted by atomic mass is 10.0. The first-order valence-electron chi connectivity index (χ1n) is 16.2. The van der Waals surface area contributed by atoms with Crippen LogP contribution in [0.1, 0.15) is 71.2 Å². The number of amides is 3. The van der Waals surface area contributed by atoms with Gasteiger partial charge in [0, 0.05) is 49.1 Å². The summed E-state index contributed by atoms with van der Waals surface area (Å²) in [5.41, 5.74) is 2.01. The van der Waals surface area contributed by atoms with Crippen molar-refractivity contribution in [3.63, 3.8) is 0 Å². The quantitative estimate of drug-likeness (QED) is 0.295. The predicted molar refractivity (Wildman–Crippen MR) is 182 cm³/mol. The predicted octanol–water partition coefficient (Wildman–Crippen LogP) is 6.88. The summed E-state index contributed by atoms with van der Waals surface area (Å²) in [5.74, 6) is 0.882. The normalized spacial score (nSPS) is 21.3. The first kappa shape index (κ1) is 32.7. The summed E-state index contributed by atoms with van der Waals surface area (Å²) in [7, 11) is 0. The molecular weight excluding hydrogens is 623 g/mol. The van der Waals surface area contributed by atoms with Gasteiger partial charge in [0.05, 0.1) is 16.8 Å². The molecule has 2 aliphatic heterocycles. The Balaban J connectivity index is 1.08. The Hall–Kier alpha value is -3.22. The van der Waals surface area contributed by atoms with Crippen LogP contribution < -0.4 is 10.6 Å². The summed E-state index contributed by atoms with van der Waals surface area (Å²) in [5, 5.41) is 8.48. The Morgan fingerprint density at radius 2 is 1.59 bits per heavy atom. The first-order valence-corrected chi connectivity index (χ1v) is 17.9. The number of aromatic nitrogens is 1. The van der Waals surface area contributed by atoms with Gasteiger partial charge in [-0.25, -0.2) is 14.6 Å². The summed E-state index contributed by atoms with van der Waals surface area (Å²) in [6, 6.07) is 8.41. The van der Waals surface area contributed by atoms with Gasteiger partial charge in [0.25, 0.3) is 0 Å².